The van der Waals surface area contributed by atoms with E-state index >= 15 is 0 Å². The quantitative estimate of drug-likeness (QED) is 0.727. The third-order valence-corrected chi connectivity index (χ3v) is 3.42. The summed E-state index contributed by atoms with van der Waals surface area (Å²) in [5, 5.41) is 3.76. The molecule has 1 N–H and O–H groups in total. The molecule has 1 rings (SSSR count). The molecule has 0 aromatic carbocycles. The summed E-state index contributed by atoms with van der Waals surface area (Å²) in [6.07, 6.45) is 5.95. The van der Waals surface area contributed by atoms with Crippen LogP contribution in [0.2, 0.25) is 0 Å². The number of methoxy groups -OCH3 is 1. The van der Waals surface area contributed by atoms with Gasteiger partial charge in [0, 0.05) is 31.9 Å². The van der Waals surface area contributed by atoms with Crippen LogP contribution in [0.3, 0.4) is 0 Å². The zero-order valence-electron chi connectivity index (χ0n) is 11.1. The Hall–Kier alpha value is -0.120. The van der Waals surface area contributed by atoms with E-state index in [9.17, 15) is 0 Å². The van der Waals surface area contributed by atoms with Gasteiger partial charge in [-0.2, -0.15) is 0 Å². The summed E-state index contributed by atoms with van der Waals surface area (Å²) in [5.41, 5.74) is 0.245. The fraction of sp³-hybridized carbons (Fsp3) is 1.00. The van der Waals surface area contributed by atoms with Gasteiger partial charge >= 0.3 is 0 Å². The first-order chi connectivity index (χ1) is 7.70. The summed E-state index contributed by atoms with van der Waals surface area (Å²) in [7, 11) is 1.78. The summed E-state index contributed by atoms with van der Waals surface area (Å²) in [6, 6.07) is 0.494. The second-order valence-electron chi connectivity index (χ2n) is 5.11. The van der Waals surface area contributed by atoms with Gasteiger partial charge in [-0.15, -0.1) is 0 Å². The topological polar surface area (TPSA) is 30.5 Å². The summed E-state index contributed by atoms with van der Waals surface area (Å²) in [5.74, 6) is 0. The first-order valence-corrected chi connectivity index (χ1v) is 6.54. The minimum absolute atomic E-state index is 0.245. The lowest BCUT2D eigenvalue weighted by atomic mass is 9.91. The Kier molecular flexibility index (Phi) is 6.32. The van der Waals surface area contributed by atoms with E-state index in [0.717, 1.165) is 32.7 Å². The Morgan fingerprint density at radius 2 is 2.06 bits per heavy atom. The van der Waals surface area contributed by atoms with E-state index < -0.39 is 0 Å². The molecule has 0 aromatic rings. The maximum atomic E-state index is 5.42. The van der Waals surface area contributed by atoms with E-state index in [1.54, 1.807) is 7.11 Å². The molecule has 1 atom stereocenters. The number of hydrogen-bond acceptors (Lipinski definition) is 3. The predicted molar refractivity (Wildman–Crippen MR) is 66.8 cm³/mol. The molecule has 1 aliphatic rings. The molecule has 0 radical (unpaired) electrons. The molecule has 1 aliphatic heterocycles. The minimum atomic E-state index is 0.245. The summed E-state index contributed by atoms with van der Waals surface area (Å²) >= 11 is 0. The standard InChI is InChI=1S/C13H27NO2/c1-4-5-6-12(11-15-3)14-13(2)7-9-16-10-8-13/h12,14H,4-11H2,1-3H3. The van der Waals surface area contributed by atoms with Crippen molar-refractivity contribution >= 4 is 0 Å². The maximum absolute atomic E-state index is 5.42. The zero-order chi connectivity index (χ0) is 11.9. The largest absolute Gasteiger partial charge is 0.383 e. The van der Waals surface area contributed by atoms with Crippen LogP contribution in [0.4, 0.5) is 0 Å². The van der Waals surface area contributed by atoms with E-state index in [2.05, 4.69) is 19.2 Å². The van der Waals surface area contributed by atoms with Gasteiger partial charge < -0.3 is 14.8 Å². The molecule has 1 heterocycles. The van der Waals surface area contributed by atoms with Crippen molar-refractivity contribution in [2.24, 2.45) is 0 Å². The third kappa shape index (κ3) is 4.81. The molecule has 3 nitrogen and oxygen atoms in total. The molecule has 1 saturated heterocycles. The van der Waals surface area contributed by atoms with Gasteiger partial charge in [-0.05, 0) is 26.2 Å². The normalized spacial score (nSPS) is 21.9. The van der Waals surface area contributed by atoms with Crippen LogP contribution < -0.4 is 5.32 Å². The van der Waals surface area contributed by atoms with Gasteiger partial charge in [-0.3, -0.25) is 0 Å². The van der Waals surface area contributed by atoms with Crippen LogP contribution in [0.5, 0.6) is 0 Å². The molecule has 1 fully saturated rings. The van der Waals surface area contributed by atoms with Gasteiger partial charge in [-0.1, -0.05) is 19.8 Å². The van der Waals surface area contributed by atoms with Crippen LogP contribution in [0.1, 0.15) is 46.0 Å². The van der Waals surface area contributed by atoms with E-state index in [0.29, 0.717) is 6.04 Å². The monoisotopic (exact) mass is 229 g/mol. The van der Waals surface area contributed by atoms with Crippen LogP contribution in [0, 0.1) is 0 Å². The van der Waals surface area contributed by atoms with Gasteiger partial charge in [0.1, 0.15) is 0 Å². The van der Waals surface area contributed by atoms with Crippen LogP contribution in [-0.4, -0.2) is 38.5 Å². The van der Waals surface area contributed by atoms with Gasteiger partial charge in [0.2, 0.25) is 0 Å². The number of unbranched alkanes of at least 4 members (excludes halogenated alkanes) is 1. The van der Waals surface area contributed by atoms with Crippen molar-refractivity contribution in [3.05, 3.63) is 0 Å². The van der Waals surface area contributed by atoms with Crippen molar-refractivity contribution in [3.63, 3.8) is 0 Å². The summed E-state index contributed by atoms with van der Waals surface area (Å²) in [4.78, 5) is 0. The van der Waals surface area contributed by atoms with E-state index in [1.165, 1.54) is 19.3 Å². The average molecular weight is 229 g/mol. The van der Waals surface area contributed by atoms with Crippen molar-refractivity contribution in [1.82, 2.24) is 5.32 Å². The Bertz CT molecular complexity index is 179. The van der Waals surface area contributed by atoms with Crippen molar-refractivity contribution in [2.45, 2.75) is 57.5 Å². The van der Waals surface area contributed by atoms with Crippen molar-refractivity contribution in [1.29, 1.82) is 0 Å². The van der Waals surface area contributed by atoms with Gasteiger partial charge in [0.05, 0.1) is 6.61 Å². The van der Waals surface area contributed by atoms with E-state index in [-0.39, 0.29) is 5.54 Å². The van der Waals surface area contributed by atoms with Gasteiger partial charge in [-0.25, -0.2) is 0 Å². The molecule has 0 aromatic heterocycles. The first-order valence-electron chi connectivity index (χ1n) is 6.54. The molecule has 3 heteroatoms. The number of ether oxygens (including phenoxy) is 2. The van der Waals surface area contributed by atoms with Crippen molar-refractivity contribution < 1.29 is 9.47 Å². The Balaban J connectivity index is 2.38. The smallest absolute Gasteiger partial charge is 0.0616 e. The fourth-order valence-electron chi connectivity index (χ4n) is 2.31. The highest BCUT2D eigenvalue weighted by molar-refractivity contribution is 4.88. The molecule has 0 saturated carbocycles. The lowest BCUT2D eigenvalue weighted by Gasteiger charge is -2.38. The Morgan fingerprint density at radius 3 is 2.62 bits per heavy atom. The van der Waals surface area contributed by atoms with Crippen LogP contribution in [0.25, 0.3) is 0 Å². The SMILES string of the molecule is CCCCC(COC)NC1(C)CCOCC1. The molecule has 0 aliphatic carbocycles. The molecular formula is C13H27NO2. The fourth-order valence-corrected chi connectivity index (χ4v) is 2.31. The molecule has 0 spiro atoms. The summed E-state index contributed by atoms with van der Waals surface area (Å²) < 4.78 is 10.7. The maximum Gasteiger partial charge on any atom is 0.0616 e. The highest BCUT2D eigenvalue weighted by Gasteiger charge is 2.29. The lowest BCUT2D eigenvalue weighted by molar-refractivity contribution is 0.0329. The van der Waals surface area contributed by atoms with Crippen LogP contribution in [-0.2, 0) is 9.47 Å². The highest BCUT2D eigenvalue weighted by atomic mass is 16.5. The van der Waals surface area contributed by atoms with Crippen molar-refractivity contribution in [3.8, 4) is 0 Å². The number of rotatable bonds is 7. The number of nitrogens with one attached hydrogen (secondary N) is 1. The molecule has 1 unspecified atom stereocenters. The van der Waals surface area contributed by atoms with Gasteiger partial charge in [0.25, 0.3) is 0 Å². The molecule has 0 bridgehead atoms. The molecule has 0 amide bonds. The van der Waals surface area contributed by atoms with E-state index in [1.807, 2.05) is 0 Å². The van der Waals surface area contributed by atoms with Gasteiger partial charge in [0.15, 0.2) is 0 Å². The van der Waals surface area contributed by atoms with Crippen LogP contribution >= 0.6 is 0 Å². The van der Waals surface area contributed by atoms with Crippen molar-refractivity contribution in [2.75, 3.05) is 26.9 Å². The average Bonchev–Trinajstić information content (AvgIpc) is 2.27. The highest BCUT2D eigenvalue weighted by Crippen LogP contribution is 2.21. The van der Waals surface area contributed by atoms with Crippen LogP contribution in [0.15, 0.2) is 0 Å². The summed E-state index contributed by atoms with van der Waals surface area (Å²) in [6.45, 7) is 7.13. The van der Waals surface area contributed by atoms with E-state index in [4.69, 9.17) is 9.47 Å². The first kappa shape index (κ1) is 13.9. The second kappa shape index (κ2) is 7.25. The Morgan fingerprint density at radius 1 is 1.38 bits per heavy atom. The molecule has 96 valence electrons. The second-order valence-corrected chi connectivity index (χ2v) is 5.11. The lowest BCUT2D eigenvalue weighted by Crippen LogP contribution is -2.52. The third-order valence-electron chi connectivity index (χ3n) is 3.42. The number of hydrogen-bond donors (Lipinski definition) is 1. The zero-order valence-corrected chi connectivity index (χ0v) is 11.1. The minimum Gasteiger partial charge on any atom is -0.383 e. The molecular weight excluding hydrogens is 202 g/mol. The molecule has 16 heavy (non-hydrogen) atoms. The predicted octanol–water partition coefficient (Wildman–Crippen LogP) is 2.35. The Labute approximate surface area is 99.9 Å².